The zero-order valence-electron chi connectivity index (χ0n) is 10.9. The molecule has 100 valence electrons. The molecule has 0 bridgehead atoms. The van der Waals surface area contributed by atoms with Crippen molar-refractivity contribution >= 4 is 11.8 Å². The van der Waals surface area contributed by atoms with Gasteiger partial charge in [-0.2, -0.15) is 0 Å². The Morgan fingerprint density at radius 2 is 1.89 bits per heavy atom. The van der Waals surface area contributed by atoms with Crippen molar-refractivity contribution in [2.24, 2.45) is 0 Å². The van der Waals surface area contributed by atoms with Gasteiger partial charge in [-0.1, -0.05) is 5.92 Å². The van der Waals surface area contributed by atoms with E-state index in [9.17, 15) is 9.59 Å². The molecule has 0 saturated carbocycles. The first kappa shape index (κ1) is 15.4. The van der Waals surface area contributed by atoms with Crippen molar-refractivity contribution in [3.8, 4) is 11.8 Å². The highest BCUT2D eigenvalue weighted by molar-refractivity contribution is 6.02. The molecule has 0 aromatic heterocycles. The average Bonchev–Trinajstić information content (AvgIpc) is 2.74. The largest absolute Gasteiger partial charge is 1.00 e. The summed E-state index contributed by atoms with van der Waals surface area (Å²) in [5.41, 5.74) is 0. The van der Waals surface area contributed by atoms with Crippen molar-refractivity contribution in [1.29, 1.82) is 0 Å². The third-order valence-corrected chi connectivity index (χ3v) is 3.72. The smallest absolute Gasteiger partial charge is 0.230 e. The number of rotatable bonds is 1. The fourth-order valence-corrected chi connectivity index (χ4v) is 2.49. The Bertz CT molecular complexity index is 393. The van der Waals surface area contributed by atoms with Crippen LogP contribution < -0.4 is 24.0 Å². The Kier molecular flexibility index (Phi) is 5.17. The second-order valence-electron chi connectivity index (χ2n) is 5.36. The van der Waals surface area contributed by atoms with Gasteiger partial charge in [0.25, 0.3) is 0 Å². The molecule has 2 rings (SSSR count). The number of carbonyl (C=O) groups is 2. The van der Waals surface area contributed by atoms with Gasteiger partial charge in [-0.25, -0.2) is 0 Å². The lowest BCUT2D eigenvalue weighted by Crippen LogP contribution is -3.00. The van der Waals surface area contributed by atoms with Crippen molar-refractivity contribution < 1.29 is 38.0 Å². The van der Waals surface area contributed by atoms with E-state index in [2.05, 4.69) is 25.9 Å². The number of imide groups is 1. The van der Waals surface area contributed by atoms with Crippen LogP contribution in [0.1, 0.15) is 25.7 Å². The second kappa shape index (κ2) is 6.02. The van der Waals surface area contributed by atoms with Crippen LogP contribution in [-0.4, -0.2) is 54.4 Å². The molecular formula is C13H19IN2O2. The molecule has 0 unspecified atom stereocenters. The molecule has 2 saturated heterocycles. The Morgan fingerprint density at radius 1 is 1.28 bits per heavy atom. The van der Waals surface area contributed by atoms with Gasteiger partial charge in [0.15, 0.2) is 6.04 Å². The molecule has 18 heavy (non-hydrogen) atoms. The van der Waals surface area contributed by atoms with Gasteiger partial charge in [-0.05, 0) is 5.92 Å². The number of hydrogen-bond acceptors (Lipinski definition) is 2. The third kappa shape index (κ3) is 3.23. The first-order valence-corrected chi connectivity index (χ1v) is 6.15. The van der Waals surface area contributed by atoms with E-state index in [1.54, 1.807) is 0 Å². The van der Waals surface area contributed by atoms with Crippen molar-refractivity contribution in [2.75, 3.05) is 27.2 Å². The predicted octanol–water partition coefficient (Wildman–Crippen LogP) is -2.62. The molecule has 0 aromatic carbocycles. The van der Waals surface area contributed by atoms with Crippen molar-refractivity contribution in [2.45, 2.75) is 31.7 Å². The summed E-state index contributed by atoms with van der Waals surface area (Å²) in [7, 11) is 4.36. The SMILES string of the molecule is C[N+]1(C)CCC[C@H]1C#CCN1C(=O)CCC1=O.[I-]. The summed E-state index contributed by atoms with van der Waals surface area (Å²) in [5, 5.41) is 0. The number of halogens is 1. The maximum Gasteiger partial charge on any atom is 0.230 e. The number of quaternary nitrogens is 1. The summed E-state index contributed by atoms with van der Waals surface area (Å²) >= 11 is 0. The van der Waals surface area contributed by atoms with Crippen LogP contribution in [0.5, 0.6) is 0 Å². The highest BCUT2D eigenvalue weighted by Crippen LogP contribution is 2.21. The Hall–Kier alpha value is -0.610. The Labute approximate surface area is 125 Å². The number of nitrogens with zero attached hydrogens (tertiary/aromatic N) is 2. The predicted molar refractivity (Wildman–Crippen MR) is 63.7 cm³/mol. The van der Waals surface area contributed by atoms with E-state index >= 15 is 0 Å². The van der Waals surface area contributed by atoms with E-state index in [0.717, 1.165) is 17.4 Å². The molecule has 0 radical (unpaired) electrons. The van der Waals surface area contributed by atoms with E-state index in [-0.39, 0.29) is 42.3 Å². The van der Waals surface area contributed by atoms with Gasteiger partial charge in [0.1, 0.15) is 0 Å². The van der Waals surface area contributed by atoms with Gasteiger partial charge in [-0.15, -0.1) is 0 Å². The maximum atomic E-state index is 11.4. The van der Waals surface area contributed by atoms with E-state index in [4.69, 9.17) is 0 Å². The molecule has 0 N–H and O–H groups in total. The second-order valence-corrected chi connectivity index (χ2v) is 5.36. The minimum atomic E-state index is -0.0792. The van der Waals surface area contributed by atoms with Crippen LogP contribution in [0.15, 0.2) is 0 Å². The highest BCUT2D eigenvalue weighted by Gasteiger charge is 2.32. The lowest BCUT2D eigenvalue weighted by Gasteiger charge is -2.28. The molecular weight excluding hydrogens is 343 g/mol. The van der Waals surface area contributed by atoms with Crippen molar-refractivity contribution in [1.82, 2.24) is 4.90 Å². The molecule has 0 spiro atoms. The normalized spacial score (nSPS) is 25.7. The first-order chi connectivity index (χ1) is 8.00. The summed E-state index contributed by atoms with van der Waals surface area (Å²) in [4.78, 5) is 24.0. The molecule has 0 aromatic rings. The summed E-state index contributed by atoms with van der Waals surface area (Å²) in [6.45, 7) is 1.43. The minimum absolute atomic E-state index is 0. The van der Waals surface area contributed by atoms with E-state index in [1.165, 1.54) is 11.3 Å². The molecule has 2 aliphatic rings. The van der Waals surface area contributed by atoms with Gasteiger partial charge in [0.2, 0.25) is 11.8 Å². The molecule has 0 aliphatic carbocycles. The fourth-order valence-electron chi connectivity index (χ4n) is 2.49. The highest BCUT2D eigenvalue weighted by atomic mass is 127. The average molecular weight is 362 g/mol. The van der Waals surface area contributed by atoms with Gasteiger partial charge >= 0.3 is 0 Å². The zero-order valence-corrected chi connectivity index (χ0v) is 13.1. The lowest BCUT2D eigenvalue weighted by atomic mass is 10.2. The fraction of sp³-hybridized carbons (Fsp3) is 0.692. The number of hydrogen-bond donors (Lipinski definition) is 0. The Balaban J connectivity index is 0.00000162. The van der Waals surface area contributed by atoms with Crippen molar-refractivity contribution in [3.05, 3.63) is 0 Å². The summed E-state index contributed by atoms with van der Waals surface area (Å²) in [6, 6.07) is 0.350. The number of carbonyl (C=O) groups excluding carboxylic acids is 2. The van der Waals surface area contributed by atoms with Crippen LogP contribution in [0.4, 0.5) is 0 Å². The zero-order chi connectivity index (χ0) is 12.5. The number of likely N-dealkylation sites (tertiary alicyclic amines) is 2. The van der Waals surface area contributed by atoms with Crippen LogP contribution in [0.3, 0.4) is 0 Å². The molecule has 1 atom stereocenters. The molecule has 5 heteroatoms. The molecule has 2 aliphatic heterocycles. The lowest BCUT2D eigenvalue weighted by molar-refractivity contribution is -0.894. The van der Waals surface area contributed by atoms with E-state index < -0.39 is 0 Å². The third-order valence-electron chi connectivity index (χ3n) is 3.72. The quantitative estimate of drug-likeness (QED) is 0.222. The maximum absolute atomic E-state index is 11.4. The van der Waals surface area contributed by atoms with Crippen LogP contribution in [0.2, 0.25) is 0 Å². The van der Waals surface area contributed by atoms with Gasteiger partial charge < -0.3 is 28.5 Å². The van der Waals surface area contributed by atoms with Crippen LogP contribution in [0, 0.1) is 11.8 Å². The van der Waals surface area contributed by atoms with E-state index in [1.807, 2.05) is 0 Å². The summed E-state index contributed by atoms with van der Waals surface area (Å²) in [5.74, 6) is 6.06. The monoisotopic (exact) mass is 362 g/mol. The van der Waals surface area contributed by atoms with Gasteiger partial charge in [-0.3, -0.25) is 14.5 Å². The summed E-state index contributed by atoms with van der Waals surface area (Å²) in [6.07, 6.45) is 3.02. The molecule has 4 nitrogen and oxygen atoms in total. The topological polar surface area (TPSA) is 37.4 Å². The molecule has 2 fully saturated rings. The van der Waals surface area contributed by atoms with E-state index in [0.29, 0.717) is 18.9 Å². The first-order valence-electron chi connectivity index (χ1n) is 6.15. The minimum Gasteiger partial charge on any atom is -1.00 e. The standard InChI is InChI=1S/C13H19N2O2.HI/c1-15(2)10-4-6-11(15)5-3-9-14-12(16)7-8-13(14)17;/h11H,4,6-10H2,1-2H3;1H/q+1;/p-1/t11-;/m1./s1. The van der Waals surface area contributed by atoms with Crippen LogP contribution >= 0.6 is 0 Å². The summed E-state index contributed by atoms with van der Waals surface area (Å²) < 4.78 is 0.925. The van der Waals surface area contributed by atoms with Crippen LogP contribution in [0.25, 0.3) is 0 Å². The number of amides is 2. The van der Waals surface area contributed by atoms with Gasteiger partial charge in [0, 0.05) is 25.7 Å². The van der Waals surface area contributed by atoms with Gasteiger partial charge in [0.05, 0.1) is 27.2 Å². The van der Waals surface area contributed by atoms with Crippen molar-refractivity contribution in [3.63, 3.8) is 0 Å². The van der Waals surface area contributed by atoms with Crippen LogP contribution in [-0.2, 0) is 9.59 Å². The molecule has 2 amide bonds. The Morgan fingerprint density at radius 3 is 2.39 bits per heavy atom. The molecule has 2 heterocycles.